The SMILES string of the molecule is CCc1ccc(OCC(CC)CBr)c([N+](=O)[O-])c1. The lowest BCUT2D eigenvalue weighted by atomic mass is 10.1. The lowest BCUT2D eigenvalue weighted by molar-refractivity contribution is -0.386. The van der Waals surface area contributed by atoms with Gasteiger partial charge in [0.1, 0.15) is 0 Å². The van der Waals surface area contributed by atoms with Gasteiger partial charge in [-0.1, -0.05) is 35.8 Å². The van der Waals surface area contributed by atoms with Gasteiger partial charge in [0.2, 0.25) is 0 Å². The molecule has 0 N–H and O–H groups in total. The molecule has 0 fully saturated rings. The standard InChI is InChI=1S/C13H18BrNO3/c1-3-10-5-6-13(12(7-10)15(16)17)18-9-11(4-2)8-14/h5-7,11H,3-4,8-9H2,1-2H3. The first-order valence-corrected chi connectivity index (χ1v) is 7.20. The summed E-state index contributed by atoms with van der Waals surface area (Å²) in [6.07, 6.45) is 1.76. The number of aryl methyl sites for hydroxylation is 1. The summed E-state index contributed by atoms with van der Waals surface area (Å²) >= 11 is 3.41. The highest BCUT2D eigenvalue weighted by Gasteiger charge is 2.16. The molecule has 100 valence electrons. The number of hydrogen-bond acceptors (Lipinski definition) is 3. The number of halogens is 1. The molecule has 0 aliphatic rings. The van der Waals surface area contributed by atoms with Crippen molar-refractivity contribution in [1.82, 2.24) is 0 Å². The highest BCUT2D eigenvalue weighted by molar-refractivity contribution is 9.09. The Morgan fingerprint density at radius 1 is 1.44 bits per heavy atom. The molecule has 0 amide bonds. The van der Waals surface area contributed by atoms with Crippen LogP contribution in [-0.4, -0.2) is 16.9 Å². The van der Waals surface area contributed by atoms with Gasteiger partial charge in [-0.25, -0.2) is 0 Å². The second-order valence-electron chi connectivity index (χ2n) is 4.15. The van der Waals surface area contributed by atoms with Crippen LogP contribution >= 0.6 is 15.9 Å². The second kappa shape index (κ2) is 7.36. The molecule has 0 saturated carbocycles. The van der Waals surface area contributed by atoms with Crippen molar-refractivity contribution in [2.24, 2.45) is 5.92 Å². The Morgan fingerprint density at radius 3 is 2.67 bits per heavy atom. The third kappa shape index (κ3) is 3.98. The molecule has 0 aliphatic carbocycles. The molecule has 0 spiro atoms. The fourth-order valence-electron chi connectivity index (χ4n) is 1.53. The molecule has 5 heteroatoms. The predicted molar refractivity (Wildman–Crippen MR) is 75.5 cm³/mol. The minimum absolute atomic E-state index is 0.0544. The van der Waals surface area contributed by atoms with E-state index in [1.54, 1.807) is 12.1 Å². The monoisotopic (exact) mass is 315 g/mol. The van der Waals surface area contributed by atoms with Crippen LogP contribution in [0.3, 0.4) is 0 Å². The van der Waals surface area contributed by atoms with Gasteiger partial charge in [0.15, 0.2) is 5.75 Å². The van der Waals surface area contributed by atoms with Gasteiger partial charge >= 0.3 is 5.69 Å². The molecule has 4 nitrogen and oxygen atoms in total. The number of nitro groups is 1. The zero-order valence-corrected chi connectivity index (χ0v) is 12.3. The van der Waals surface area contributed by atoms with Crippen LogP contribution in [0.4, 0.5) is 5.69 Å². The van der Waals surface area contributed by atoms with E-state index in [1.807, 2.05) is 13.0 Å². The molecule has 1 aromatic rings. The van der Waals surface area contributed by atoms with Crippen molar-refractivity contribution in [1.29, 1.82) is 0 Å². The molecule has 0 aliphatic heterocycles. The van der Waals surface area contributed by atoms with Gasteiger partial charge in [-0.3, -0.25) is 10.1 Å². The normalized spacial score (nSPS) is 12.2. The lowest BCUT2D eigenvalue weighted by Crippen LogP contribution is -2.13. The zero-order chi connectivity index (χ0) is 13.5. The van der Waals surface area contributed by atoms with E-state index in [4.69, 9.17) is 4.74 Å². The van der Waals surface area contributed by atoms with Gasteiger partial charge < -0.3 is 4.74 Å². The predicted octanol–water partition coefficient (Wildman–Crippen LogP) is 3.96. The topological polar surface area (TPSA) is 52.4 Å². The van der Waals surface area contributed by atoms with Crippen LogP contribution in [0.25, 0.3) is 0 Å². The van der Waals surface area contributed by atoms with E-state index in [0.717, 1.165) is 23.7 Å². The average Bonchev–Trinajstić information content (AvgIpc) is 2.39. The van der Waals surface area contributed by atoms with Gasteiger partial charge in [0.25, 0.3) is 0 Å². The summed E-state index contributed by atoms with van der Waals surface area (Å²) < 4.78 is 5.57. The van der Waals surface area contributed by atoms with Gasteiger partial charge in [-0.15, -0.1) is 0 Å². The fourth-order valence-corrected chi connectivity index (χ4v) is 2.17. The van der Waals surface area contributed by atoms with Crippen LogP contribution in [0.15, 0.2) is 18.2 Å². The molecular weight excluding hydrogens is 298 g/mol. The van der Waals surface area contributed by atoms with Crippen LogP contribution in [0, 0.1) is 16.0 Å². The second-order valence-corrected chi connectivity index (χ2v) is 4.80. The van der Waals surface area contributed by atoms with Crippen molar-refractivity contribution >= 4 is 21.6 Å². The van der Waals surface area contributed by atoms with Crippen LogP contribution in [0.2, 0.25) is 0 Å². The first-order valence-electron chi connectivity index (χ1n) is 6.08. The maximum atomic E-state index is 11.0. The Kier molecular flexibility index (Phi) is 6.12. The molecule has 1 aromatic carbocycles. The molecule has 18 heavy (non-hydrogen) atoms. The number of benzene rings is 1. The van der Waals surface area contributed by atoms with Gasteiger partial charge in [-0.05, 0) is 24.5 Å². The van der Waals surface area contributed by atoms with Crippen molar-refractivity contribution in [2.75, 3.05) is 11.9 Å². The number of rotatable bonds is 7. The van der Waals surface area contributed by atoms with Crippen molar-refractivity contribution in [3.8, 4) is 5.75 Å². The first kappa shape index (κ1) is 15.0. The quantitative estimate of drug-likeness (QED) is 0.435. The number of alkyl halides is 1. The van der Waals surface area contributed by atoms with Crippen LogP contribution in [0.5, 0.6) is 5.75 Å². The average molecular weight is 316 g/mol. The Labute approximate surface area is 116 Å². The smallest absolute Gasteiger partial charge is 0.311 e. The Bertz CT molecular complexity index is 405. The summed E-state index contributed by atoms with van der Waals surface area (Å²) in [5.41, 5.74) is 1.00. The van der Waals surface area contributed by atoms with E-state index in [-0.39, 0.29) is 10.6 Å². The third-order valence-electron chi connectivity index (χ3n) is 2.90. The third-order valence-corrected chi connectivity index (χ3v) is 3.81. The minimum atomic E-state index is -0.385. The fraction of sp³-hybridized carbons (Fsp3) is 0.538. The molecule has 0 radical (unpaired) electrons. The minimum Gasteiger partial charge on any atom is -0.486 e. The van der Waals surface area contributed by atoms with E-state index in [1.165, 1.54) is 0 Å². The van der Waals surface area contributed by atoms with E-state index in [2.05, 4.69) is 22.9 Å². The summed E-state index contributed by atoms with van der Waals surface area (Å²) in [7, 11) is 0. The van der Waals surface area contributed by atoms with Crippen LogP contribution < -0.4 is 4.74 Å². The Morgan fingerprint density at radius 2 is 2.17 bits per heavy atom. The van der Waals surface area contributed by atoms with E-state index >= 15 is 0 Å². The van der Waals surface area contributed by atoms with E-state index in [0.29, 0.717) is 18.3 Å². The lowest BCUT2D eigenvalue weighted by Gasteiger charge is -2.13. The number of hydrogen-bond donors (Lipinski definition) is 0. The molecule has 0 saturated heterocycles. The first-order chi connectivity index (χ1) is 8.62. The maximum Gasteiger partial charge on any atom is 0.311 e. The Balaban J connectivity index is 2.84. The number of nitrogens with zero attached hydrogens (tertiary/aromatic N) is 1. The molecular formula is C13H18BrNO3. The van der Waals surface area contributed by atoms with Crippen LogP contribution in [0.1, 0.15) is 25.8 Å². The molecule has 1 rings (SSSR count). The van der Waals surface area contributed by atoms with E-state index < -0.39 is 0 Å². The van der Waals surface area contributed by atoms with Gasteiger partial charge in [0.05, 0.1) is 11.5 Å². The summed E-state index contributed by atoms with van der Waals surface area (Å²) in [5.74, 6) is 0.729. The van der Waals surface area contributed by atoms with Gasteiger partial charge in [-0.2, -0.15) is 0 Å². The van der Waals surface area contributed by atoms with Gasteiger partial charge in [0, 0.05) is 17.3 Å². The molecule has 0 bridgehead atoms. The summed E-state index contributed by atoms with van der Waals surface area (Å²) in [4.78, 5) is 10.6. The van der Waals surface area contributed by atoms with Crippen molar-refractivity contribution in [3.05, 3.63) is 33.9 Å². The largest absolute Gasteiger partial charge is 0.486 e. The summed E-state index contributed by atoms with van der Waals surface area (Å²) in [5, 5.41) is 11.8. The van der Waals surface area contributed by atoms with Crippen molar-refractivity contribution in [3.63, 3.8) is 0 Å². The van der Waals surface area contributed by atoms with Crippen LogP contribution in [-0.2, 0) is 6.42 Å². The summed E-state index contributed by atoms with van der Waals surface area (Å²) in [6.45, 7) is 4.54. The molecule has 1 unspecified atom stereocenters. The Hall–Kier alpha value is -1.10. The maximum absolute atomic E-state index is 11.0. The number of nitro benzene ring substituents is 1. The molecule has 0 heterocycles. The summed E-state index contributed by atoms with van der Waals surface area (Å²) in [6, 6.07) is 5.15. The van der Waals surface area contributed by atoms with Crippen molar-refractivity contribution in [2.45, 2.75) is 26.7 Å². The van der Waals surface area contributed by atoms with E-state index in [9.17, 15) is 10.1 Å². The van der Waals surface area contributed by atoms with Crippen molar-refractivity contribution < 1.29 is 9.66 Å². The highest BCUT2D eigenvalue weighted by Crippen LogP contribution is 2.28. The number of ether oxygens (including phenoxy) is 1. The molecule has 1 atom stereocenters. The highest BCUT2D eigenvalue weighted by atomic mass is 79.9. The molecule has 0 aromatic heterocycles. The zero-order valence-electron chi connectivity index (χ0n) is 10.7.